The lowest BCUT2D eigenvalue weighted by atomic mass is 10.0. The topological polar surface area (TPSA) is 69.6 Å². The predicted octanol–water partition coefficient (Wildman–Crippen LogP) is 16.0. The van der Waals surface area contributed by atoms with E-state index in [0.717, 1.165) is 32.1 Å². The molecule has 1 amide bonds. The molecule has 0 rings (SSSR count). The standard InChI is InChI=1S/C51H99NO3/c1-3-5-7-9-11-13-15-16-17-18-19-20-21-22-23-24-25-26-27-28-29-30-31-32-33-34-35-36-37-38-40-42-44-46-50(54)49(48-53)52-51(55)47-45-43-41-39-14-12-10-8-6-4-2/h37-38,44,46,49-50,53-54H,3-36,39-43,45,47-48H2,1-2H3,(H,52,55)/b38-37+,46-44+. The van der Waals surface area contributed by atoms with Crippen molar-refractivity contribution in [3.8, 4) is 0 Å². The van der Waals surface area contributed by atoms with E-state index in [4.69, 9.17) is 0 Å². The second kappa shape index (κ2) is 47.2. The van der Waals surface area contributed by atoms with Gasteiger partial charge in [-0.3, -0.25) is 4.79 Å². The van der Waals surface area contributed by atoms with E-state index in [1.165, 1.54) is 225 Å². The van der Waals surface area contributed by atoms with Crippen molar-refractivity contribution in [3.63, 3.8) is 0 Å². The summed E-state index contributed by atoms with van der Waals surface area (Å²) in [5.74, 6) is -0.0739. The highest BCUT2D eigenvalue weighted by molar-refractivity contribution is 5.76. The van der Waals surface area contributed by atoms with Crippen molar-refractivity contribution in [3.05, 3.63) is 24.3 Å². The maximum atomic E-state index is 12.3. The summed E-state index contributed by atoms with van der Waals surface area (Å²) in [6.07, 6.45) is 62.0. The summed E-state index contributed by atoms with van der Waals surface area (Å²) in [7, 11) is 0. The molecule has 0 saturated heterocycles. The summed E-state index contributed by atoms with van der Waals surface area (Å²) in [4.78, 5) is 12.3. The first-order valence-electron chi connectivity index (χ1n) is 25.1. The lowest BCUT2D eigenvalue weighted by Gasteiger charge is -2.19. The van der Waals surface area contributed by atoms with Gasteiger partial charge in [0.25, 0.3) is 0 Å². The first-order valence-corrected chi connectivity index (χ1v) is 25.1. The summed E-state index contributed by atoms with van der Waals surface area (Å²) in [5, 5.41) is 23.0. The molecule has 0 aliphatic carbocycles. The van der Waals surface area contributed by atoms with E-state index in [9.17, 15) is 15.0 Å². The van der Waals surface area contributed by atoms with E-state index < -0.39 is 12.1 Å². The lowest BCUT2D eigenvalue weighted by Crippen LogP contribution is -2.45. The quantitative estimate of drug-likeness (QED) is 0.0426. The van der Waals surface area contributed by atoms with E-state index in [-0.39, 0.29) is 12.5 Å². The van der Waals surface area contributed by atoms with Crippen molar-refractivity contribution < 1.29 is 15.0 Å². The summed E-state index contributed by atoms with van der Waals surface area (Å²) in [5.41, 5.74) is 0. The molecule has 0 saturated carbocycles. The number of nitrogens with one attached hydrogen (secondary N) is 1. The van der Waals surface area contributed by atoms with Gasteiger partial charge < -0.3 is 15.5 Å². The van der Waals surface area contributed by atoms with Gasteiger partial charge in [-0.15, -0.1) is 0 Å². The Morgan fingerprint density at radius 2 is 0.709 bits per heavy atom. The Morgan fingerprint density at radius 3 is 1.05 bits per heavy atom. The second-order valence-electron chi connectivity index (χ2n) is 17.2. The van der Waals surface area contributed by atoms with Crippen LogP contribution in [0, 0.1) is 0 Å². The minimum Gasteiger partial charge on any atom is -0.394 e. The first kappa shape index (κ1) is 53.9. The molecule has 0 radical (unpaired) electrons. The van der Waals surface area contributed by atoms with Crippen LogP contribution in [-0.2, 0) is 4.79 Å². The molecule has 0 bridgehead atoms. The van der Waals surface area contributed by atoms with Crippen LogP contribution in [0.1, 0.15) is 277 Å². The molecule has 4 heteroatoms. The smallest absolute Gasteiger partial charge is 0.220 e. The lowest BCUT2D eigenvalue weighted by molar-refractivity contribution is -0.123. The van der Waals surface area contributed by atoms with Crippen LogP contribution in [0.4, 0.5) is 0 Å². The number of rotatable bonds is 46. The molecule has 0 aromatic heterocycles. The number of aliphatic hydroxyl groups excluding tert-OH is 2. The third-order valence-electron chi connectivity index (χ3n) is 11.7. The van der Waals surface area contributed by atoms with Gasteiger partial charge in [0, 0.05) is 6.42 Å². The van der Waals surface area contributed by atoms with E-state index in [1.54, 1.807) is 6.08 Å². The maximum absolute atomic E-state index is 12.3. The number of carbonyl (C=O) groups is 1. The number of unbranched alkanes of at least 4 members (excludes halogenated alkanes) is 37. The maximum Gasteiger partial charge on any atom is 0.220 e. The molecule has 0 spiro atoms. The van der Waals surface area contributed by atoms with Crippen molar-refractivity contribution >= 4 is 5.91 Å². The molecule has 0 aromatic rings. The summed E-state index contributed by atoms with van der Waals surface area (Å²) in [6.45, 7) is 4.30. The Morgan fingerprint density at radius 1 is 0.418 bits per heavy atom. The van der Waals surface area contributed by atoms with Crippen molar-refractivity contribution in [2.24, 2.45) is 0 Å². The number of amides is 1. The van der Waals surface area contributed by atoms with E-state index in [1.807, 2.05) is 6.08 Å². The van der Waals surface area contributed by atoms with Gasteiger partial charge in [0.15, 0.2) is 0 Å². The van der Waals surface area contributed by atoms with Gasteiger partial charge in [0.05, 0.1) is 18.8 Å². The Bertz CT molecular complexity index is 795. The molecular weight excluding hydrogens is 675 g/mol. The summed E-state index contributed by atoms with van der Waals surface area (Å²) in [6, 6.07) is -0.634. The zero-order valence-corrected chi connectivity index (χ0v) is 37.5. The highest BCUT2D eigenvalue weighted by Crippen LogP contribution is 2.17. The van der Waals surface area contributed by atoms with Crippen LogP contribution in [0.2, 0.25) is 0 Å². The number of carbonyl (C=O) groups excluding carboxylic acids is 1. The minimum atomic E-state index is -0.857. The highest BCUT2D eigenvalue weighted by Gasteiger charge is 2.17. The number of allylic oxidation sites excluding steroid dienone is 3. The Hall–Kier alpha value is -1.13. The average Bonchev–Trinajstić information content (AvgIpc) is 3.19. The molecule has 4 nitrogen and oxygen atoms in total. The molecule has 3 N–H and O–H groups in total. The molecule has 55 heavy (non-hydrogen) atoms. The summed E-state index contributed by atoms with van der Waals surface area (Å²) >= 11 is 0. The van der Waals surface area contributed by atoms with Crippen LogP contribution in [0.5, 0.6) is 0 Å². The van der Waals surface area contributed by atoms with E-state index in [0.29, 0.717) is 6.42 Å². The third-order valence-corrected chi connectivity index (χ3v) is 11.7. The van der Waals surface area contributed by atoms with E-state index >= 15 is 0 Å². The Kier molecular flexibility index (Phi) is 46.3. The van der Waals surface area contributed by atoms with Gasteiger partial charge in [-0.1, -0.05) is 263 Å². The van der Waals surface area contributed by atoms with Crippen LogP contribution >= 0.6 is 0 Å². The van der Waals surface area contributed by atoms with Crippen LogP contribution < -0.4 is 5.32 Å². The van der Waals surface area contributed by atoms with Crippen molar-refractivity contribution in [2.75, 3.05) is 6.61 Å². The molecule has 0 aliphatic rings. The minimum absolute atomic E-state index is 0.0739. The first-order chi connectivity index (χ1) is 27.2. The van der Waals surface area contributed by atoms with Gasteiger partial charge in [-0.2, -0.15) is 0 Å². The number of hydrogen-bond acceptors (Lipinski definition) is 3. The monoisotopic (exact) mass is 774 g/mol. The van der Waals surface area contributed by atoms with E-state index in [2.05, 4.69) is 31.3 Å². The number of aliphatic hydroxyl groups is 2. The van der Waals surface area contributed by atoms with Gasteiger partial charge in [0.1, 0.15) is 0 Å². The van der Waals surface area contributed by atoms with Crippen molar-refractivity contribution in [2.45, 2.75) is 289 Å². The summed E-state index contributed by atoms with van der Waals surface area (Å²) < 4.78 is 0. The molecule has 0 heterocycles. The van der Waals surface area contributed by atoms with Gasteiger partial charge in [-0.05, 0) is 32.1 Å². The SMILES string of the molecule is CCCCCCCCCCCCCCCCCCCCCCCCCCCCC/C=C/CC/C=C/C(O)C(CO)NC(=O)CCCCCCCCCCCC. The molecule has 0 aliphatic heterocycles. The largest absolute Gasteiger partial charge is 0.394 e. The zero-order chi connectivity index (χ0) is 40.0. The average molecular weight is 774 g/mol. The molecule has 2 unspecified atom stereocenters. The fourth-order valence-electron chi connectivity index (χ4n) is 7.84. The van der Waals surface area contributed by atoms with Crippen LogP contribution in [0.3, 0.4) is 0 Å². The zero-order valence-electron chi connectivity index (χ0n) is 37.5. The van der Waals surface area contributed by atoms with Gasteiger partial charge >= 0.3 is 0 Å². The molecular formula is C51H99NO3. The van der Waals surface area contributed by atoms with Gasteiger partial charge in [-0.25, -0.2) is 0 Å². The Balaban J connectivity index is 3.43. The molecule has 0 fully saturated rings. The molecule has 326 valence electrons. The van der Waals surface area contributed by atoms with Gasteiger partial charge in [0.2, 0.25) is 5.91 Å². The Labute approximate surface area is 345 Å². The van der Waals surface area contributed by atoms with Crippen LogP contribution in [-0.4, -0.2) is 34.9 Å². The highest BCUT2D eigenvalue weighted by atomic mass is 16.3. The van der Waals surface area contributed by atoms with Crippen molar-refractivity contribution in [1.29, 1.82) is 0 Å². The number of hydrogen-bond donors (Lipinski definition) is 3. The second-order valence-corrected chi connectivity index (χ2v) is 17.2. The fourth-order valence-corrected chi connectivity index (χ4v) is 7.84. The molecule has 2 atom stereocenters. The third kappa shape index (κ3) is 43.8. The fraction of sp³-hybridized carbons (Fsp3) is 0.902. The molecule has 0 aromatic carbocycles. The van der Waals surface area contributed by atoms with Crippen LogP contribution in [0.25, 0.3) is 0 Å². The van der Waals surface area contributed by atoms with Crippen LogP contribution in [0.15, 0.2) is 24.3 Å². The predicted molar refractivity (Wildman–Crippen MR) is 244 cm³/mol. The normalized spacial score (nSPS) is 13.0. The van der Waals surface area contributed by atoms with Crippen molar-refractivity contribution in [1.82, 2.24) is 5.32 Å².